The average molecular weight is 269 g/mol. The van der Waals surface area contributed by atoms with E-state index in [4.69, 9.17) is 0 Å². The molecule has 0 radical (unpaired) electrons. The van der Waals surface area contributed by atoms with Gasteiger partial charge >= 0.3 is 0 Å². The van der Waals surface area contributed by atoms with Gasteiger partial charge < -0.3 is 10.6 Å². The number of anilines is 2. The Kier molecular flexibility index (Phi) is 2.69. The van der Waals surface area contributed by atoms with Crippen molar-refractivity contribution in [3.63, 3.8) is 0 Å². The number of amides is 1. The van der Waals surface area contributed by atoms with E-state index in [0.29, 0.717) is 0 Å². The summed E-state index contributed by atoms with van der Waals surface area (Å²) in [4.78, 5) is 11.7. The van der Waals surface area contributed by atoms with Crippen molar-refractivity contribution < 1.29 is 4.79 Å². The molecule has 0 aromatic heterocycles. The van der Waals surface area contributed by atoms with Crippen molar-refractivity contribution in [2.45, 2.75) is 19.9 Å². The highest BCUT2D eigenvalue weighted by Gasteiger charge is 2.27. The molecule has 0 saturated carbocycles. The van der Waals surface area contributed by atoms with Crippen molar-refractivity contribution >= 4 is 33.2 Å². The number of carbonyl (C=O) groups is 1. The van der Waals surface area contributed by atoms with Crippen LogP contribution in [0.4, 0.5) is 11.4 Å². The van der Waals surface area contributed by atoms with Gasteiger partial charge in [-0.15, -0.1) is 0 Å². The van der Waals surface area contributed by atoms with Crippen LogP contribution in [0.2, 0.25) is 0 Å². The lowest BCUT2D eigenvalue weighted by atomic mass is 10.0. The summed E-state index contributed by atoms with van der Waals surface area (Å²) in [5.41, 5.74) is 1.82. The Labute approximate surface area is 97.4 Å². The number of rotatable bonds is 1. The van der Waals surface area contributed by atoms with E-state index in [0.717, 1.165) is 15.8 Å². The fraction of sp³-hybridized carbons (Fsp3) is 0.364. The molecule has 1 atom stereocenters. The van der Waals surface area contributed by atoms with Crippen molar-refractivity contribution in [3.8, 4) is 0 Å². The van der Waals surface area contributed by atoms with E-state index in [2.05, 4.69) is 26.6 Å². The largest absolute Gasteiger partial charge is 0.372 e. The maximum Gasteiger partial charge on any atom is 0.247 e. The normalized spacial score (nSPS) is 19.5. The van der Waals surface area contributed by atoms with Crippen LogP contribution in [0.25, 0.3) is 0 Å². The summed E-state index contributed by atoms with van der Waals surface area (Å²) < 4.78 is 0.964. The third kappa shape index (κ3) is 2.00. The zero-order valence-corrected chi connectivity index (χ0v) is 10.3. The molecule has 1 aliphatic heterocycles. The molecule has 1 amide bonds. The summed E-state index contributed by atoms with van der Waals surface area (Å²) in [5.74, 6) is 0.317. The van der Waals surface area contributed by atoms with Gasteiger partial charge in [0, 0.05) is 4.47 Å². The van der Waals surface area contributed by atoms with Gasteiger partial charge in [0.1, 0.15) is 6.04 Å². The number of hydrogen-bond acceptors (Lipinski definition) is 2. The first-order valence-corrected chi connectivity index (χ1v) is 5.74. The summed E-state index contributed by atoms with van der Waals surface area (Å²) in [6.07, 6.45) is 0. The summed E-state index contributed by atoms with van der Waals surface area (Å²) >= 11 is 3.38. The third-order valence-electron chi connectivity index (χ3n) is 2.50. The molecule has 4 heteroatoms. The molecule has 80 valence electrons. The molecule has 0 bridgehead atoms. The van der Waals surface area contributed by atoms with Crippen LogP contribution in [-0.4, -0.2) is 11.9 Å². The van der Waals surface area contributed by atoms with Crippen molar-refractivity contribution in [3.05, 3.63) is 22.7 Å². The van der Waals surface area contributed by atoms with Crippen LogP contribution in [0, 0.1) is 5.92 Å². The summed E-state index contributed by atoms with van der Waals surface area (Å²) in [6, 6.07) is 5.68. The van der Waals surface area contributed by atoms with Crippen molar-refractivity contribution in [2.75, 3.05) is 10.6 Å². The number of hydrogen-bond donors (Lipinski definition) is 2. The molecule has 1 aromatic rings. The van der Waals surface area contributed by atoms with E-state index >= 15 is 0 Å². The van der Waals surface area contributed by atoms with E-state index in [1.165, 1.54) is 0 Å². The fourth-order valence-electron chi connectivity index (χ4n) is 1.66. The molecule has 2 N–H and O–H groups in total. The van der Waals surface area contributed by atoms with E-state index in [1.54, 1.807) is 0 Å². The molecule has 0 saturated heterocycles. The highest BCUT2D eigenvalue weighted by atomic mass is 79.9. The molecule has 3 nitrogen and oxygen atoms in total. The summed E-state index contributed by atoms with van der Waals surface area (Å²) in [7, 11) is 0. The second kappa shape index (κ2) is 3.85. The number of benzene rings is 1. The Bertz CT molecular complexity index is 404. The van der Waals surface area contributed by atoms with Gasteiger partial charge in [0.2, 0.25) is 5.91 Å². The van der Waals surface area contributed by atoms with Gasteiger partial charge in [-0.1, -0.05) is 29.8 Å². The standard InChI is InChI=1S/C11H13BrN2O/c1-6(2)10-11(15)14-9-5-7(12)3-4-8(9)13-10/h3-6,10,13H,1-2H3,(H,14,15)/t10-/m1/s1. The zero-order valence-electron chi connectivity index (χ0n) is 8.67. The Balaban J connectivity index is 2.34. The lowest BCUT2D eigenvalue weighted by Crippen LogP contribution is -2.42. The third-order valence-corrected chi connectivity index (χ3v) is 2.99. The SMILES string of the molecule is CC(C)[C@H]1Nc2ccc(Br)cc2NC1=O. The van der Waals surface area contributed by atoms with Gasteiger partial charge in [0.25, 0.3) is 0 Å². The van der Waals surface area contributed by atoms with E-state index in [1.807, 2.05) is 32.0 Å². The summed E-state index contributed by atoms with van der Waals surface area (Å²) in [6.45, 7) is 4.06. The number of fused-ring (bicyclic) bond motifs is 1. The predicted octanol–water partition coefficient (Wildman–Crippen LogP) is 2.84. The smallest absolute Gasteiger partial charge is 0.247 e. The Morgan fingerprint density at radius 3 is 2.73 bits per heavy atom. The lowest BCUT2D eigenvalue weighted by Gasteiger charge is -2.29. The van der Waals surface area contributed by atoms with E-state index in [9.17, 15) is 4.79 Å². The van der Waals surface area contributed by atoms with E-state index in [-0.39, 0.29) is 17.9 Å². The van der Waals surface area contributed by atoms with Crippen LogP contribution in [0.1, 0.15) is 13.8 Å². The van der Waals surface area contributed by atoms with Gasteiger partial charge in [-0.3, -0.25) is 4.79 Å². The second-order valence-electron chi connectivity index (χ2n) is 4.05. The molecule has 0 unspecified atom stereocenters. The predicted molar refractivity (Wildman–Crippen MR) is 65.0 cm³/mol. The minimum atomic E-state index is -0.140. The number of carbonyl (C=O) groups excluding carboxylic acids is 1. The van der Waals surface area contributed by atoms with Gasteiger partial charge in [-0.05, 0) is 24.1 Å². The highest BCUT2D eigenvalue weighted by Crippen LogP contribution is 2.31. The van der Waals surface area contributed by atoms with Crippen LogP contribution in [0.15, 0.2) is 22.7 Å². The van der Waals surface area contributed by atoms with Crippen molar-refractivity contribution in [1.29, 1.82) is 0 Å². The van der Waals surface area contributed by atoms with Crippen molar-refractivity contribution in [1.82, 2.24) is 0 Å². The average Bonchev–Trinajstić information content (AvgIpc) is 2.15. The number of nitrogens with one attached hydrogen (secondary N) is 2. The molecule has 0 spiro atoms. The molecule has 2 rings (SSSR count). The molecule has 1 heterocycles. The molecule has 0 aliphatic carbocycles. The maximum absolute atomic E-state index is 11.7. The van der Waals surface area contributed by atoms with Crippen LogP contribution >= 0.6 is 15.9 Å². The monoisotopic (exact) mass is 268 g/mol. The van der Waals surface area contributed by atoms with Crippen LogP contribution in [0.5, 0.6) is 0 Å². The van der Waals surface area contributed by atoms with Crippen LogP contribution in [0.3, 0.4) is 0 Å². The molecule has 15 heavy (non-hydrogen) atoms. The second-order valence-corrected chi connectivity index (χ2v) is 4.96. The summed E-state index contributed by atoms with van der Waals surface area (Å²) in [5, 5.41) is 6.14. The molecular formula is C11H13BrN2O. The van der Waals surface area contributed by atoms with Gasteiger partial charge in [-0.2, -0.15) is 0 Å². The van der Waals surface area contributed by atoms with Crippen molar-refractivity contribution in [2.24, 2.45) is 5.92 Å². The van der Waals surface area contributed by atoms with Gasteiger partial charge in [0.15, 0.2) is 0 Å². The minimum absolute atomic E-state index is 0.0376. The Morgan fingerprint density at radius 2 is 2.07 bits per heavy atom. The quantitative estimate of drug-likeness (QED) is 0.823. The number of halogens is 1. The van der Waals surface area contributed by atoms with Gasteiger partial charge in [-0.25, -0.2) is 0 Å². The molecular weight excluding hydrogens is 256 g/mol. The minimum Gasteiger partial charge on any atom is -0.372 e. The Hall–Kier alpha value is -1.03. The highest BCUT2D eigenvalue weighted by molar-refractivity contribution is 9.10. The molecule has 1 aliphatic rings. The fourth-order valence-corrected chi connectivity index (χ4v) is 2.02. The molecule has 1 aromatic carbocycles. The zero-order chi connectivity index (χ0) is 11.0. The van der Waals surface area contributed by atoms with Crippen LogP contribution in [-0.2, 0) is 4.79 Å². The van der Waals surface area contributed by atoms with Crippen LogP contribution < -0.4 is 10.6 Å². The van der Waals surface area contributed by atoms with E-state index < -0.39 is 0 Å². The first-order chi connectivity index (χ1) is 7.08. The van der Waals surface area contributed by atoms with Gasteiger partial charge in [0.05, 0.1) is 11.4 Å². The lowest BCUT2D eigenvalue weighted by molar-refractivity contribution is -0.117. The Morgan fingerprint density at radius 1 is 1.33 bits per heavy atom. The molecule has 0 fully saturated rings. The first kappa shape index (κ1) is 10.5. The topological polar surface area (TPSA) is 41.1 Å². The first-order valence-electron chi connectivity index (χ1n) is 4.95. The maximum atomic E-state index is 11.7.